The second kappa shape index (κ2) is 5.82. The van der Waals surface area contributed by atoms with E-state index in [2.05, 4.69) is 4.98 Å². The zero-order valence-corrected chi connectivity index (χ0v) is 10.4. The third kappa shape index (κ3) is 2.61. The number of primary amides is 1. The van der Waals surface area contributed by atoms with Crippen molar-refractivity contribution in [1.82, 2.24) is 4.98 Å². The van der Waals surface area contributed by atoms with Crippen molar-refractivity contribution in [3.05, 3.63) is 23.9 Å². The van der Waals surface area contributed by atoms with Gasteiger partial charge in [-0.25, -0.2) is 4.98 Å². The summed E-state index contributed by atoms with van der Waals surface area (Å²) < 4.78 is 0. The van der Waals surface area contributed by atoms with Crippen molar-refractivity contribution < 1.29 is 9.90 Å². The molecule has 1 aliphatic rings. The largest absolute Gasteiger partial charge is 0.395 e. The number of anilines is 1. The van der Waals surface area contributed by atoms with Gasteiger partial charge in [0.2, 0.25) is 0 Å². The second-order valence-electron chi connectivity index (χ2n) is 4.59. The maximum atomic E-state index is 11.4. The molecule has 1 amide bonds. The molecule has 1 aromatic rings. The molecule has 2 rings (SSSR count). The Kier molecular flexibility index (Phi) is 4.15. The number of pyridine rings is 1. The minimum Gasteiger partial charge on any atom is -0.395 e. The van der Waals surface area contributed by atoms with Crippen molar-refractivity contribution in [3.63, 3.8) is 0 Å². The second-order valence-corrected chi connectivity index (χ2v) is 4.59. The Hall–Kier alpha value is -1.62. The van der Waals surface area contributed by atoms with Gasteiger partial charge in [-0.3, -0.25) is 4.79 Å². The minimum atomic E-state index is -0.473. The van der Waals surface area contributed by atoms with Crippen LogP contribution in [0.2, 0.25) is 0 Å². The van der Waals surface area contributed by atoms with E-state index in [4.69, 9.17) is 5.73 Å². The zero-order chi connectivity index (χ0) is 13.0. The Morgan fingerprint density at radius 3 is 2.83 bits per heavy atom. The summed E-state index contributed by atoms with van der Waals surface area (Å²) in [7, 11) is 0. The van der Waals surface area contributed by atoms with E-state index in [9.17, 15) is 9.90 Å². The number of hydrogen-bond donors (Lipinski definition) is 2. The summed E-state index contributed by atoms with van der Waals surface area (Å²) in [5.41, 5.74) is 5.81. The molecular weight excluding hydrogens is 230 g/mol. The lowest BCUT2D eigenvalue weighted by Gasteiger charge is -2.30. The van der Waals surface area contributed by atoms with Crippen LogP contribution in [-0.4, -0.2) is 35.2 Å². The quantitative estimate of drug-likeness (QED) is 0.813. The van der Waals surface area contributed by atoms with Gasteiger partial charge < -0.3 is 15.7 Å². The molecule has 0 atom stereocenters. The van der Waals surface area contributed by atoms with Crippen LogP contribution in [0.4, 0.5) is 5.82 Å². The number of rotatable bonds is 5. The molecule has 5 nitrogen and oxygen atoms in total. The fourth-order valence-electron chi connectivity index (χ4n) is 2.60. The van der Waals surface area contributed by atoms with Gasteiger partial charge in [0, 0.05) is 18.8 Å². The van der Waals surface area contributed by atoms with Gasteiger partial charge in [0.25, 0.3) is 5.91 Å². The summed E-state index contributed by atoms with van der Waals surface area (Å²) in [6.45, 7) is 0.535. The van der Waals surface area contributed by atoms with E-state index in [1.54, 1.807) is 18.3 Å². The third-order valence-electron chi connectivity index (χ3n) is 3.43. The highest BCUT2D eigenvalue weighted by Crippen LogP contribution is 2.28. The number of amides is 1. The highest BCUT2D eigenvalue weighted by Gasteiger charge is 2.25. The van der Waals surface area contributed by atoms with Crippen LogP contribution >= 0.6 is 0 Å². The van der Waals surface area contributed by atoms with Gasteiger partial charge in [0.1, 0.15) is 5.82 Å². The van der Waals surface area contributed by atoms with Gasteiger partial charge in [-0.2, -0.15) is 0 Å². The molecular formula is C13H19N3O2. The van der Waals surface area contributed by atoms with Crippen molar-refractivity contribution in [2.75, 3.05) is 18.1 Å². The Labute approximate surface area is 107 Å². The monoisotopic (exact) mass is 249 g/mol. The summed E-state index contributed by atoms with van der Waals surface area (Å²) in [4.78, 5) is 17.7. The SMILES string of the molecule is NC(=O)c1cccnc1N(CCO)C1CCCC1. The molecule has 0 unspecified atom stereocenters. The fraction of sp³-hybridized carbons (Fsp3) is 0.538. The zero-order valence-electron chi connectivity index (χ0n) is 10.4. The maximum Gasteiger partial charge on any atom is 0.252 e. The number of carbonyl (C=O) groups is 1. The molecule has 1 aliphatic carbocycles. The highest BCUT2D eigenvalue weighted by atomic mass is 16.3. The van der Waals surface area contributed by atoms with Gasteiger partial charge in [0.05, 0.1) is 12.2 Å². The molecule has 0 bridgehead atoms. The van der Waals surface area contributed by atoms with Crippen molar-refractivity contribution in [3.8, 4) is 0 Å². The smallest absolute Gasteiger partial charge is 0.252 e. The number of nitrogens with zero attached hydrogens (tertiary/aromatic N) is 2. The molecule has 1 fully saturated rings. The molecule has 5 heteroatoms. The third-order valence-corrected chi connectivity index (χ3v) is 3.43. The first kappa shape index (κ1) is 12.8. The number of nitrogens with two attached hydrogens (primary N) is 1. The maximum absolute atomic E-state index is 11.4. The number of aliphatic hydroxyl groups excluding tert-OH is 1. The lowest BCUT2D eigenvalue weighted by Crippen LogP contribution is -2.37. The van der Waals surface area contributed by atoms with Crippen LogP contribution in [0.3, 0.4) is 0 Å². The van der Waals surface area contributed by atoms with Crippen molar-refractivity contribution >= 4 is 11.7 Å². The molecule has 0 spiro atoms. The lowest BCUT2D eigenvalue weighted by atomic mass is 10.1. The first-order valence-corrected chi connectivity index (χ1v) is 6.36. The molecule has 0 saturated heterocycles. The predicted molar refractivity (Wildman–Crippen MR) is 69.4 cm³/mol. The fourth-order valence-corrected chi connectivity index (χ4v) is 2.60. The summed E-state index contributed by atoms with van der Waals surface area (Å²) in [6.07, 6.45) is 6.18. The highest BCUT2D eigenvalue weighted by molar-refractivity contribution is 5.97. The molecule has 0 aromatic carbocycles. The Bertz CT molecular complexity index is 416. The molecule has 98 valence electrons. The lowest BCUT2D eigenvalue weighted by molar-refractivity contribution is 0.1000. The minimum absolute atomic E-state index is 0.0469. The van der Waals surface area contributed by atoms with Crippen LogP contribution in [0, 0.1) is 0 Å². The topological polar surface area (TPSA) is 79.5 Å². The van der Waals surface area contributed by atoms with Crippen LogP contribution in [-0.2, 0) is 0 Å². The van der Waals surface area contributed by atoms with E-state index in [1.807, 2.05) is 4.90 Å². The number of aliphatic hydroxyl groups is 1. The first-order chi connectivity index (χ1) is 8.74. The van der Waals surface area contributed by atoms with Crippen LogP contribution in [0.5, 0.6) is 0 Å². The molecule has 1 aromatic heterocycles. The average molecular weight is 249 g/mol. The standard InChI is InChI=1S/C13H19N3O2/c14-12(18)11-6-3-7-15-13(11)16(8-9-17)10-4-1-2-5-10/h3,6-7,10,17H,1-2,4-5,8-9H2,(H2,14,18). The van der Waals surface area contributed by atoms with Crippen LogP contribution in [0.15, 0.2) is 18.3 Å². The Morgan fingerprint density at radius 1 is 1.50 bits per heavy atom. The summed E-state index contributed by atoms with van der Waals surface area (Å²) in [6, 6.07) is 3.74. The van der Waals surface area contributed by atoms with Gasteiger partial charge in [-0.05, 0) is 25.0 Å². The summed E-state index contributed by atoms with van der Waals surface area (Å²) in [5, 5.41) is 9.20. The summed E-state index contributed by atoms with van der Waals surface area (Å²) >= 11 is 0. The normalized spacial score (nSPS) is 15.8. The molecule has 18 heavy (non-hydrogen) atoms. The molecule has 3 N–H and O–H groups in total. The van der Waals surface area contributed by atoms with Crippen LogP contribution in [0.25, 0.3) is 0 Å². The number of hydrogen-bond acceptors (Lipinski definition) is 4. The van der Waals surface area contributed by atoms with Crippen LogP contribution < -0.4 is 10.6 Å². The van der Waals surface area contributed by atoms with E-state index < -0.39 is 5.91 Å². The molecule has 0 aliphatic heterocycles. The number of carbonyl (C=O) groups excluding carboxylic acids is 1. The van der Waals surface area contributed by atoms with Gasteiger partial charge in [-0.15, -0.1) is 0 Å². The van der Waals surface area contributed by atoms with E-state index in [1.165, 1.54) is 12.8 Å². The first-order valence-electron chi connectivity index (χ1n) is 6.36. The number of aromatic nitrogens is 1. The van der Waals surface area contributed by atoms with E-state index >= 15 is 0 Å². The Morgan fingerprint density at radius 2 is 2.22 bits per heavy atom. The molecule has 0 radical (unpaired) electrons. The molecule has 1 saturated carbocycles. The predicted octanol–water partition coefficient (Wildman–Crippen LogP) is 0.922. The van der Waals surface area contributed by atoms with Crippen LogP contribution in [0.1, 0.15) is 36.0 Å². The van der Waals surface area contributed by atoms with Gasteiger partial charge >= 0.3 is 0 Å². The summed E-state index contributed by atoms with van der Waals surface area (Å²) in [5.74, 6) is 0.130. The molecule has 1 heterocycles. The van der Waals surface area contributed by atoms with E-state index in [0.717, 1.165) is 12.8 Å². The average Bonchev–Trinajstić information content (AvgIpc) is 2.89. The van der Waals surface area contributed by atoms with Gasteiger partial charge in [0.15, 0.2) is 0 Å². The van der Waals surface area contributed by atoms with Crippen molar-refractivity contribution in [1.29, 1.82) is 0 Å². The van der Waals surface area contributed by atoms with Crippen molar-refractivity contribution in [2.45, 2.75) is 31.7 Å². The van der Waals surface area contributed by atoms with E-state index in [0.29, 0.717) is 24.0 Å². The van der Waals surface area contributed by atoms with E-state index in [-0.39, 0.29) is 6.61 Å². The van der Waals surface area contributed by atoms with Gasteiger partial charge in [-0.1, -0.05) is 12.8 Å². The Balaban J connectivity index is 2.32. The van der Waals surface area contributed by atoms with Crippen molar-refractivity contribution in [2.24, 2.45) is 5.73 Å².